The van der Waals surface area contributed by atoms with Crippen molar-refractivity contribution in [2.45, 2.75) is 17.1 Å². The largest absolute Gasteiger partial charge is 0.386 e. The van der Waals surface area contributed by atoms with E-state index in [0.29, 0.717) is 17.9 Å². The van der Waals surface area contributed by atoms with Gasteiger partial charge < -0.3 is 5.11 Å². The highest BCUT2D eigenvalue weighted by molar-refractivity contribution is 8.03. The van der Waals surface area contributed by atoms with Crippen LogP contribution in [-0.2, 0) is 21.6 Å². The van der Waals surface area contributed by atoms with Crippen LogP contribution < -0.4 is 0 Å². The highest BCUT2D eigenvalue weighted by Gasteiger charge is 2.37. The number of hydrogen-bond acceptors (Lipinski definition) is 3. The van der Waals surface area contributed by atoms with Gasteiger partial charge in [-0.3, -0.25) is 8.42 Å². The summed E-state index contributed by atoms with van der Waals surface area (Å²) >= 11 is 0. The maximum absolute atomic E-state index is 13.5. The minimum Gasteiger partial charge on any atom is -0.386 e. The molecule has 100 valence electrons. The van der Waals surface area contributed by atoms with Crippen LogP contribution in [0.2, 0.25) is 0 Å². The van der Waals surface area contributed by atoms with Crippen LogP contribution in [0.15, 0.2) is 18.2 Å². The minimum atomic E-state index is -1.65. The molecule has 0 bridgehead atoms. The number of halogens is 2. The molecular weight excluding hydrogens is 282 g/mol. The Morgan fingerprint density at radius 2 is 1.67 bits per heavy atom. The highest BCUT2D eigenvalue weighted by atomic mass is 32.2. The topological polar surface area (TPSA) is 54.4 Å². The summed E-state index contributed by atoms with van der Waals surface area (Å²) in [7, 11) is -3.08. The summed E-state index contributed by atoms with van der Waals surface area (Å²) < 4.78 is 49.4. The van der Waals surface area contributed by atoms with Gasteiger partial charge in [-0.2, -0.15) is 0 Å². The molecule has 0 saturated carbocycles. The van der Waals surface area contributed by atoms with Crippen molar-refractivity contribution in [2.75, 3.05) is 11.5 Å². The molecule has 0 aromatic heterocycles. The van der Waals surface area contributed by atoms with Crippen molar-refractivity contribution in [1.29, 1.82) is 0 Å². The molecule has 2 rings (SSSR count). The number of aliphatic hydroxyl groups is 1. The van der Waals surface area contributed by atoms with E-state index in [4.69, 9.17) is 0 Å². The van der Waals surface area contributed by atoms with Crippen LogP contribution in [0.3, 0.4) is 0 Å². The SMILES string of the molecule is O=[S@@]1CCC[S@](=O)C1[C@H](O)c1c(F)cccc1F. The lowest BCUT2D eigenvalue weighted by Gasteiger charge is -2.26. The van der Waals surface area contributed by atoms with E-state index in [0.717, 1.165) is 12.1 Å². The Morgan fingerprint density at radius 3 is 2.17 bits per heavy atom. The normalized spacial score (nSPS) is 30.1. The average Bonchev–Trinajstić information content (AvgIpc) is 2.28. The van der Waals surface area contributed by atoms with Crippen molar-refractivity contribution in [3.8, 4) is 0 Å². The molecule has 18 heavy (non-hydrogen) atoms. The fourth-order valence-electron chi connectivity index (χ4n) is 1.91. The molecule has 7 heteroatoms. The molecule has 0 spiro atoms. The van der Waals surface area contributed by atoms with Crippen LogP contribution in [0.25, 0.3) is 0 Å². The zero-order chi connectivity index (χ0) is 13.3. The summed E-state index contributed by atoms with van der Waals surface area (Å²) in [6.07, 6.45) is -1.12. The lowest BCUT2D eigenvalue weighted by atomic mass is 10.1. The summed E-state index contributed by atoms with van der Waals surface area (Å²) in [6, 6.07) is 3.20. The molecular formula is C11H12F2O3S2. The standard InChI is InChI=1S/C11H12F2O3S2/c12-7-3-1-4-8(13)9(7)10(14)11-17(15)5-2-6-18(11)16/h1,3-4,10-11,14H,2,5-6H2/t10-,11?,17-,18+/m1/s1. The third-order valence-electron chi connectivity index (χ3n) is 2.76. The molecule has 1 N–H and O–H groups in total. The predicted molar refractivity (Wildman–Crippen MR) is 65.7 cm³/mol. The lowest BCUT2D eigenvalue weighted by Crippen LogP contribution is -2.36. The Kier molecular flexibility index (Phi) is 4.24. The van der Waals surface area contributed by atoms with Crippen LogP contribution in [0.4, 0.5) is 8.78 Å². The first-order valence-corrected chi connectivity index (χ1v) is 8.15. The molecule has 1 unspecified atom stereocenters. The number of benzene rings is 1. The maximum Gasteiger partial charge on any atom is 0.140 e. The summed E-state index contributed by atoms with van der Waals surface area (Å²) in [6.45, 7) is 0. The maximum atomic E-state index is 13.5. The van der Waals surface area contributed by atoms with Gasteiger partial charge in [-0.1, -0.05) is 6.07 Å². The first-order chi connectivity index (χ1) is 8.52. The van der Waals surface area contributed by atoms with Crippen molar-refractivity contribution in [2.24, 2.45) is 0 Å². The van der Waals surface area contributed by atoms with Crippen LogP contribution in [0, 0.1) is 11.6 Å². The number of rotatable bonds is 2. The minimum absolute atomic E-state index is 0.295. The van der Waals surface area contributed by atoms with Crippen LogP contribution in [0.5, 0.6) is 0 Å². The van der Waals surface area contributed by atoms with E-state index in [1.54, 1.807) is 0 Å². The Morgan fingerprint density at radius 1 is 1.17 bits per heavy atom. The van der Waals surface area contributed by atoms with Crippen LogP contribution in [-0.4, -0.2) is 29.6 Å². The van der Waals surface area contributed by atoms with E-state index in [9.17, 15) is 22.3 Å². The zero-order valence-corrected chi connectivity index (χ0v) is 11.0. The monoisotopic (exact) mass is 294 g/mol. The molecule has 0 radical (unpaired) electrons. The second kappa shape index (κ2) is 5.54. The fourth-order valence-corrected chi connectivity index (χ4v) is 5.80. The van der Waals surface area contributed by atoms with E-state index in [-0.39, 0.29) is 0 Å². The van der Waals surface area contributed by atoms with E-state index < -0.39 is 49.5 Å². The van der Waals surface area contributed by atoms with Gasteiger partial charge in [0.15, 0.2) is 0 Å². The molecule has 1 fully saturated rings. The zero-order valence-electron chi connectivity index (χ0n) is 9.34. The van der Waals surface area contributed by atoms with Gasteiger partial charge in [0.2, 0.25) is 0 Å². The van der Waals surface area contributed by atoms with Crippen molar-refractivity contribution >= 4 is 21.6 Å². The van der Waals surface area contributed by atoms with Gasteiger partial charge in [0.25, 0.3) is 0 Å². The summed E-state index contributed by atoms with van der Waals surface area (Å²) in [5.41, 5.74) is -0.550. The predicted octanol–water partition coefficient (Wildman–Crippen LogP) is 1.23. The molecule has 1 aromatic rings. The molecule has 3 nitrogen and oxygen atoms in total. The molecule has 1 aliphatic heterocycles. The van der Waals surface area contributed by atoms with E-state index in [2.05, 4.69) is 0 Å². The second-order valence-corrected chi connectivity index (χ2v) is 7.63. The van der Waals surface area contributed by atoms with E-state index >= 15 is 0 Å². The first kappa shape index (κ1) is 13.8. The second-order valence-electron chi connectivity index (χ2n) is 3.97. The molecule has 1 heterocycles. The van der Waals surface area contributed by atoms with Crippen molar-refractivity contribution < 1.29 is 22.3 Å². The third kappa shape index (κ3) is 2.53. The smallest absolute Gasteiger partial charge is 0.140 e. The van der Waals surface area contributed by atoms with Gasteiger partial charge in [-0.25, -0.2) is 8.78 Å². The number of hydrogen-bond donors (Lipinski definition) is 1. The molecule has 0 amide bonds. The van der Waals surface area contributed by atoms with Gasteiger partial charge in [0, 0.05) is 33.1 Å². The van der Waals surface area contributed by atoms with Gasteiger partial charge in [0.05, 0.1) is 5.56 Å². The van der Waals surface area contributed by atoms with Crippen LogP contribution >= 0.6 is 0 Å². The van der Waals surface area contributed by atoms with E-state index in [1.807, 2.05) is 0 Å². The fraction of sp³-hybridized carbons (Fsp3) is 0.455. The first-order valence-electron chi connectivity index (χ1n) is 5.38. The quantitative estimate of drug-likeness (QED) is 0.892. The van der Waals surface area contributed by atoms with Gasteiger partial charge in [0.1, 0.15) is 22.3 Å². The summed E-state index contributed by atoms with van der Waals surface area (Å²) in [5.74, 6) is -1.24. The molecule has 1 aliphatic rings. The Hall–Kier alpha value is -0.660. The van der Waals surface area contributed by atoms with Gasteiger partial charge in [-0.05, 0) is 18.6 Å². The summed E-state index contributed by atoms with van der Waals surface area (Å²) in [4.78, 5) is 0. The van der Waals surface area contributed by atoms with E-state index in [1.165, 1.54) is 6.07 Å². The Bertz CT molecular complexity index is 471. The van der Waals surface area contributed by atoms with Gasteiger partial charge in [-0.15, -0.1) is 0 Å². The summed E-state index contributed by atoms with van der Waals surface area (Å²) in [5, 5.41) is 9.98. The third-order valence-corrected chi connectivity index (χ3v) is 6.98. The molecule has 0 aliphatic carbocycles. The number of aliphatic hydroxyl groups excluding tert-OH is 1. The highest BCUT2D eigenvalue weighted by Crippen LogP contribution is 2.30. The van der Waals surface area contributed by atoms with Gasteiger partial charge >= 0.3 is 0 Å². The molecule has 1 aromatic carbocycles. The average molecular weight is 294 g/mol. The lowest BCUT2D eigenvalue weighted by molar-refractivity contribution is 0.183. The molecule has 4 atom stereocenters. The van der Waals surface area contributed by atoms with Crippen molar-refractivity contribution in [3.05, 3.63) is 35.4 Å². The Labute approximate surface area is 108 Å². The molecule has 1 saturated heterocycles. The Balaban J connectivity index is 2.38. The van der Waals surface area contributed by atoms with Crippen LogP contribution in [0.1, 0.15) is 18.1 Å². The van der Waals surface area contributed by atoms with Crippen molar-refractivity contribution in [1.82, 2.24) is 0 Å². The van der Waals surface area contributed by atoms with Crippen molar-refractivity contribution in [3.63, 3.8) is 0 Å².